The average Bonchev–Trinajstić information content (AvgIpc) is 3.41. The maximum Gasteiger partial charge on any atom is 0.255 e. The predicted molar refractivity (Wildman–Crippen MR) is 172 cm³/mol. The van der Waals surface area contributed by atoms with Crippen molar-refractivity contribution < 1.29 is 19.2 Å². The number of benzene rings is 4. The van der Waals surface area contributed by atoms with Crippen LogP contribution in [0.3, 0.4) is 0 Å². The molecule has 2 aliphatic rings. The molecule has 0 saturated carbocycles. The Morgan fingerprint density at radius 2 is 1.65 bits per heavy atom. The number of piperidine rings is 1. The summed E-state index contributed by atoms with van der Waals surface area (Å²) in [4.78, 5) is 60.3. The van der Waals surface area contributed by atoms with Crippen molar-refractivity contribution >= 4 is 40.3 Å². The Hall–Kier alpha value is -5.90. The van der Waals surface area contributed by atoms with E-state index in [1.807, 2.05) is 48.5 Å². The Labute approximate surface area is 264 Å². The molecule has 0 bridgehead atoms. The first-order valence-corrected chi connectivity index (χ1v) is 15.1. The molecule has 1 unspecified atom stereocenters. The van der Waals surface area contributed by atoms with Crippen LogP contribution in [0.4, 0.5) is 5.95 Å². The molecule has 7 rings (SSSR count). The second kappa shape index (κ2) is 12.2. The van der Waals surface area contributed by atoms with E-state index in [4.69, 9.17) is 4.98 Å². The van der Waals surface area contributed by atoms with E-state index in [0.29, 0.717) is 42.1 Å². The maximum atomic E-state index is 13.0. The summed E-state index contributed by atoms with van der Waals surface area (Å²) in [5, 5.41) is 10.8. The van der Waals surface area contributed by atoms with Crippen LogP contribution in [-0.4, -0.2) is 44.5 Å². The van der Waals surface area contributed by atoms with Gasteiger partial charge in [0.15, 0.2) is 0 Å². The standard InChI is InChI=1S/C36H30N6O4/c43-32-15-14-31(34(45)41-32)42-21-26-18-25(12-13-28(26)35(42)46)33(44)38-19-22-8-10-23(11-9-22)20-39-36-37-17-16-30(40-36)29-7-3-5-24-4-1-2-6-27(24)29/h1-13,16-18,31H,14-15,19-21H2,(H,38,44)(H,37,39,40)(H,41,43,45). The fourth-order valence-electron chi connectivity index (χ4n) is 6.00. The van der Waals surface area contributed by atoms with Crippen LogP contribution in [0.5, 0.6) is 0 Å². The zero-order valence-corrected chi connectivity index (χ0v) is 24.8. The fraction of sp³-hybridized carbons (Fsp3) is 0.167. The number of hydrogen-bond acceptors (Lipinski definition) is 7. The first-order valence-electron chi connectivity index (χ1n) is 15.1. The topological polar surface area (TPSA) is 133 Å². The summed E-state index contributed by atoms with van der Waals surface area (Å²) in [6, 6.07) is 28.5. The lowest BCUT2D eigenvalue weighted by Gasteiger charge is -2.29. The van der Waals surface area contributed by atoms with Gasteiger partial charge >= 0.3 is 0 Å². The van der Waals surface area contributed by atoms with Gasteiger partial charge in [-0.15, -0.1) is 0 Å². The Morgan fingerprint density at radius 3 is 2.48 bits per heavy atom. The Balaban J connectivity index is 0.941. The zero-order chi connectivity index (χ0) is 31.6. The van der Waals surface area contributed by atoms with Crippen molar-refractivity contribution in [2.45, 2.75) is 38.5 Å². The van der Waals surface area contributed by atoms with Gasteiger partial charge in [-0.1, -0.05) is 66.7 Å². The number of carbonyl (C=O) groups is 4. The van der Waals surface area contributed by atoms with E-state index in [-0.39, 0.29) is 30.7 Å². The maximum absolute atomic E-state index is 13.0. The molecule has 5 aromatic rings. The first-order chi connectivity index (χ1) is 22.4. The van der Waals surface area contributed by atoms with Crippen LogP contribution in [0.2, 0.25) is 0 Å². The highest BCUT2D eigenvalue weighted by molar-refractivity contribution is 6.06. The third kappa shape index (κ3) is 5.80. The zero-order valence-electron chi connectivity index (χ0n) is 24.8. The third-order valence-corrected chi connectivity index (χ3v) is 8.43. The van der Waals surface area contributed by atoms with Gasteiger partial charge in [-0.3, -0.25) is 24.5 Å². The first kappa shape index (κ1) is 28.8. The molecule has 4 amide bonds. The van der Waals surface area contributed by atoms with Crippen molar-refractivity contribution in [1.29, 1.82) is 0 Å². The number of imide groups is 1. The molecule has 0 aliphatic carbocycles. The van der Waals surface area contributed by atoms with Crippen molar-refractivity contribution in [3.63, 3.8) is 0 Å². The lowest BCUT2D eigenvalue weighted by molar-refractivity contribution is -0.136. The van der Waals surface area contributed by atoms with Crippen molar-refractivity contribution in [3.05, 3.63) is 125 Å². The van der Waals surface area contributed by atoms with Crippen LogP contribution < -0.4 is 16.0 Å². The van der Waals surface area contributed by atoms with Crippen LogP contribution in [0, 0.1) is 0 Å². The molecule has 1 atom stereocenters. The van der Waals surface area contributed by atoms with E-state index in [9.17, 15) is 19.2 Å². The van der Waals surface area contributed by atoms with E-state index in [1.165, 1.54) is 4.90 Å². The smallest absolute Gasteiger partial charge is 0.255 e. The number of carbonyl (C=O) groups excluding carboxylic acids is 4. The highest BCUT2D eigenvalue weighted by Crippen LogP contribution is 2.29. The van der Waals surface area contributed by atoms with Crippen LogP contribution in [0.1, 0.15) is 50.2 Å². The Kier molecular flexibility index (Phi) is 7.67. The van der Waals surface area contributed by atoms with Crippen molar-refractivity contribution in [3.8, 4) is 11.3 Å². The van der Waals surface area contributed by atoms with Crippen LogP contribution >= 0.6 is 0 Å². The molecule has 10 heteroatoms. The minimum atomic E-state index is -0.694. The molecule has 10 nitrogen and oxygen atoms in total. The molecule has 228 valence electrons. The van der Waals surface area contributed by atoms with Gasteiger partial charge in [0, 0.05) is 48.9 Å². The highest BCUT2D eigenvalue weighted by Gasteiger charge is 2.39. The second-order valence-corrected chi connectivity index (χ2v) is 11.4. The summed E-state index contributed by atoms with van der Waals surface area (Å²) in [5.41, 5.74) is 5.47. The molecule has 0 spiro atoms. The molecule has 46 heavy (non-hydrogen) atoms. The van der Waals surface area contributed by atoms with E-state index < -0.39 is 11.9 Å². The van der Waals surface area contributed by atoms with Gasteiger partial charge in [0.25, 0.3) is 11.8 Å². The lowest BCUT2D eigenvalue weighted by atomic mass is 10.0. The summed E-state index contributed by atoms with van der Waals surface area (Å²) in [7, 11) is 0. The number of rotatable bonds is 8. The lowest BCUT2D eigenvalue weighted by Crippen LogP contribution is -2.52. The van der Waals surface area contributed by atoms with Gasteiger partial charge < -0.3 is 15.5 Å². The van der Waals surface area contributed by atoms with Gasteiger partial charge in [-0.05, 0) is 58.1 Å². The van der Waals surface area contributed by atoms with Crippen molar-refractivity contribution in [2.24, 2.45) is 0 Å². The Morgan fingerprint density at radius 1 is 0.870 bits per heavy atom. The molecule has 1 saturated heterocycles. The number of amides is 4. The van der Waals surface area contributed by atoms with Gasteiger partial charge in [-0.2, -0.15) is 0 Å². The number of fused-ring (bicyclic) bond motifs is 2. The quantitative estimate of drug-likeness (QED) is 0.219. The number of hydrogen-bond donors (Lipinski definition) is 3. The number of nitrogens with zero attached hydrogens (tertiary/aromatic N) is 3. The highest BCUT2D eigenvalue weighted by atomic mass is 16.2. The molecular weight excluding hydrogens is 580 g/mol. The van der Waals surface area contributed by atoms with Crippen LogP contribution in [0.15, 0.2) is 97.2 Å². The summed E-state index contributed by atoms with van der Waals surface area (Å²) in [5.74, 6) is -0.780. The average molecular weight is 611 g/mol. The second-order valence-electron chi connectivity index (χ2n) is 11.4. The largest absolute Gasteiger partial charge is 0.350 e. The minimum Gasteiger partial charge on any atom is -0.350 e. The van der Waals surface area contributed by atoms with Crippen molar-refractivity contribution in [2.75, 3.05) is 5.32 Å². The van der Waals surface area contributed by atoms with E-state index in [2.05, 4.69) is 45.2 Å². The van der Waals surface area contributed by atoms with Crippen LogP contribution in [-0.2, 0) is 29.2 Å². The molecule has 0 radical (unpaired) electrons. The Bertz CT molecular complexity index is 2000. The van der Waals surface area contributed by atoms with Gasteiger partial charge in [0.2, 0.25) is 17.8 Å². The summed E-state index contributed by atoms with van der Waals surface area (Å²) < 4.78 is 0. The summed E-state index contributed by atoms with van der Waals surface area (Å²) in [6.45, 7) is 1.09. The summed E-state index contributed by atoms with van der Waals surface area (Å²) >= 11 is 0. The minimum absolute atomic E-state index is 0.191. The van der Waals surface area contributed by atoms with E-state index in [0.717, 1.165) is 33.2 Å². The summed E-state index contributed by atoms with van der Waals surface area (Å²) in [6.07, 6.45) is 2.24. The van der Waals surface area contributed by atoms with Crippen LogP contribution in [0.25, 0.3) is 22.0 Å². The molecule has 4 aromatic carbocycles. The molecule has 1 aromatic heterocycles. The predicted octanol–water partition coefficient (Wildman–Crippen LogP) is 4.60. The number of aromatic nitrogens is 2. The van der Waals surface area contributed by atoms with Gasteiger partial charge in [0.1, 0.15) is 6.04 Å². The SMILES string of the molecule is O=C1CCC(N2Cc3cc(C(=O)NCc4ccc(CNc5nccc(-c6cccc7ccccc67)n5)cc4)ccc3C2=O)C(=O)N1. The molecule has 3 heterocycles. The number of anilines is 1. The molecule has 3 N–H and O–H groups in total. The number of nitrogens with one attached hydrogen (secondary N) is 3. The third-order valence-electron chi connectivity index (χ3n) is 8.43. The normalized spacial score (nSPS) is 15.9. The molecular formula is C36H30N6O4. The van der Waals surface area contributed by atoms with Gasteiger partial charge in [0.05, 0.1) is 5.69 Å². The monoisotopic (exact) mass is 610 g/mol. The van der Waals surface area contributed by atoms with Crippen molar-refractivity contribution in [1.82, 2.24) is 25.5 Å². The molecule has 2 aliphatic heterocycles. The van der Waals surface area contributed by atoms with Gasteiger partial charge in [-0.25, -0.2) is 9.97 Å². The molecule has 1 fully saturated rings. The van der Waals surface area contributed by atoms with E-state index in [1.54, 1.807) is 24.4 Å². The fourth-order valence-corrected chi connectivity index (χ4v) is 6.00. The van der Waals surface area contributed by atoms with E-state index >= 15 is 0 Å².